The van der Waals surface area contributed by atoms with Gasteiger partial charge in [0.05, 0.1) is 21.4 Å². The predicted molar refractivity (Wildman–Crippen MR) is 111 cm³/mol. The van der Waals surface area contributed by atoms with Crippen LogP contribution in [0.5, 0.6) is 0 Å². The SMILES string of the molecule is Cc1ccc(-c2csc(C(C#N)=CNc3cccc(Cl)c3Cl)n2)c(C)c1. The number of thiazole rings is 1. The molecule has 0 aliphatic carbocycles. The van der Waals surface area contributed by atoms with Crippen molar-refractivity contribution < 1.29 is 0 Å². The van der Waals surface area contributed by atoms with Crippen molar-refractivity contribution in [1.29, 1.82) is 5.26 Å². The van der Waals surface area contributed by atoms with E-state index in [0.29, 0.717) is 26.3 Å². The van der Waals surface area contributed by atoms with Gasteiger partial charge in [-0.05, 0) is 31.5 Å². The minimum Gasteiger partial charge on any atom is -0.359 e. The third-order valence-electron chi connectivity index (χ3n) is 3.84. The van der Waals surface area contributed by atoms with Crippen molar-refractivity contribution in [2.45, 2.75) is 13.8 Å². The maximum atomic E-state index is 9.50. The molecule has 2 aromatic carbocycles. The van der Waals surface area contributed by atoms with Crippen LogP contribution in [0.1, 0.15) is 16.1 Å². The van der Waals surface area contributed by atoms with Gasteiger partial charge in [-0.25, -0.2) is 4.98 Å². The molecule has 6 heteroatoms. The van der Waals surface area contributed by atoms with Crippen LogP contribution in [0.4, 0.5) is 5.69 Å². The lowest BCUT2D eigenvalue weighted by molar-refractivity contribution is 1.32. The second-order valence-electron chi connectivity index (χ2n) is 5.77. The Morgan fingerprint density at radius 3 is 2.77 bits per heavy atom. The maximum Gasteiger partial charge on any atom is 0.136 e. The molecule has 1 aromatic heterocycles. The highest BCUT2D eigenvalue weighted by atomic mass is 35.5. The number of allylic oxidation sites excluding steroid dienone is 1. The van der Waals surface area contributed by atoms with E-state index in [1.165, 1.54) is 16.9 Å². The first-order chi connectivity index (χ1) is 12.5. The summed E-state index contributed by atoms with van der Waals surface area (Å²) in [7, 11) is 0. The minimum atomic E-state index is 0.415. The Morgan fingerprint density at radius 1 is 1.23 bits per heavy atom. The van der Waals surface area contributed by atoms with E-state index < -0.39 is 0 Å². The van der Waals surface area contributed by atoms with E-state index in [1.807, 2.05) is 5.38 Å². The van der Waals surface area contributed by atoms with E-state index in [9.17, 15) is 5.26 Å². The lowest BCUT2D eigenvalue weighted by Crippen LogP contribution is -1.92. The summed E-state index contributed by atoms with van der Waals surface area (Å²) in [5.74, 6) is 0. The van der Waals surface area contributed by atoms with Crippen molar-refractivity contribution in [3.8, 4) is 17.3 Å². The summed E-state index contributed by atoms with van der Waals surface area (Å²) in [5, 5.41) is 16.0. The number of aryl methyl sites for hydroxylation is 2. The summed E-state index contributed by atoms with van der Waals surface area (Å²) in [5.41, 5.74) is 5.38. The van der Waals surface area contributed by atoms with Crippen molar-refractivity contribution in [2.24, 2.45) is 0 Å². The monoisotopic (exact) mass is 399 g/mol. The van der Waals surface area contributed by atoms with Crippen molar-refractivity contribution in [2.75, 3.05) is 5.32 Å². The van der Waals surface area contributed by atoms with Crippen LogP contribution in [0.25, 0.3) is 16.8 Å². The fraction of sp³-hybridized carbons (Fsp3) is 0.100. The second-order valence-corrected chi connectivity index (χ2v) is 7.42. The summed E-state index contributed by atoms with van der Waals surface area (Å²) < 4.78 is 0. The summed E-state index contributed by atoms with van der Waals surface area (Å²) in [6.07, 6.45) is 1.60. The smallest absolute Gasteiger partial charge is 0.136 e. The Kier molecular flexibility index (Phi) is 5.63. The van der Waals surface area contributed by atoms with Gasteiger partial charge >= 0.3 is 0 Å². The lowest BCUT2D eigenvalue weighted by atomic mass is 10.0. The van der Waals surface area contributed by atoms with E-state index >= 15 is 0 Å². The molecular weight excluding hydrogens is 385 g/mol. The van der Waals surface area contributed by atoms with Gasteiger partial charge in [0.15, 0.2) is 0 Å². The van der Waals surface area contributed by atoms with Crippen LogP contribution in [0.15, 0.2) is 48.0 Å². The van der Waals surface area contributed by atoms with E-state index in [0.717, 1.165) is 16.8 Å². The molecule has 130 valence electrons. The zero-order valence-corrected chi connectivity index (χ0v) is 16.5. The Hall–Kier alpha value is -2.32. The normalized spacial score (nSPS) is 11.3. The van der Waals surface area contributed by atoms with Crippen LogP contribution in [-0.4, -0.2) is 4.98 Å². The van der Waals surface area contributed by atoms with Gasteiger partial charge < -0.3 is 5.32 Å². The highest BCUT2D eigenvalue weighted by Crippen LogP contribution is 2.31. The van der Waals surface area contributed by atoms with E-state index in [2.05, 4.69) is 48.4 Å². The molecule has 0 saturated heterocycles. The van der Waals surface area contributed by atoms with Gasteiger partial charge in [-0.1, -0.05) is 53.0 Å². The first-order valence-corrected chi connectivity index (χ1v) is 9.47. The topological polar surface area (TPSA) is 48.7 Å². The van der Waals surface area contributed by atoms with Crippen LogP contribution in [0.2, 0.25) is 10.0 Å². The summed E-state index contributed by atoms with van der Waals surface area (Å²) in [4.78, 5) is 4.62. The molecule has 0 spiro atoms. The van der Waals surface area contributed by atoms with Gasteiger partial charge in [-0.15, -0.1) is 11.3 Å². The number of halogens is 2. The summed E-state index contributed by atoms with van der Waals surface area (Å²) in [6.45, 7) is 4.12. The molecule has 3 aromatic rings. The molecule has 0 saturated carbocycles. The maximum absolute atomic E-state index is 9.50. The number of rotatable bonds is 4. The minimum absolute atomic E-state index is 0.415. The highest BCUT2D eigenvalue weighted by Gasteiger charge is 2.11. The molecule has 0 fully saturated rings. The first-order valence-electron chi connectivity index (χ1n) is 7.84. The molecule has 0 radical (unpaired) electrons. The van der Waals surface area contributed by atoms with Crippen LogP contribution in [0, 0.1) is 25.2 Å². The number of anilines is 1. The van der Waals surface area contributed by atoms with E-state index in [4.69, 9.17) is 23.2 Å². The molecule has 26 heavy (non-hydrogen) atoms. The predicted octanol–water partition coefficient (Wildman–Crippen LogP) is 6.71. The fourth-order valence-corrected chi connectivity index (χ4v) is 3.67. The largest absolute Gasteiger partial charge is 0.359 e. The molecular formula is C20H15Cl2N3S. The van der Waals surface area contributed by atoms with Gasteiger partial charge in [0, 0.05) is 17.1 Å². The number of nitrogens with zero attached hydrogens (tertiary/aromatic N) is 2. The number of benzene rings is 2. The Balaban J connectivity index is 1.89. The molecule has 1 heterocycles. The van der Waals surface area contributed by atoms with Crippen molar-refractivity contribution >= 4 is 45.8 Å². The molecule has 0 unspecified atom stereocenters. The van der Waals surface area contributed by atoms with Crippen molar-refractivity contribution in [3.05, 3.63) is 74.2 Å². The third kappa shape index (κ3) is 3.91. The number of nitrogens with one attached hydrogen (secondary N) is 1. The quantitative estimate of drug-likeness (QED) is 0.495. The molecule has 1 N–H and O–H groups in total. The molecule has 0 amide bonds. The summed E-state index contributed by atoms with van der Waals surface area (Å²) >= 11 is 13.6. The number of aromatic nitrogens is 1. The van der Waals surface area contributed by atoms with Crippen molar-refractivity contribution in [3.63, 3.8) is 0 Å². The van der Waals surface area contributed by atoms with E-state index in [-0.39, 0.29) is 0 Å². The van der Waals surface area contributed by atoms with E-state index in [1.54, 1.807) is 24.4 Å². The summed E-state index contributed by atoms with van der Waals surface area (Å²) in [6, 6.07) is 13.7. The molecule has 0 aliphatic heterocycles. The third-order valence-corrected chi connectivity index (χ3v) is 5.53. The van der Waals surface area contributed by atoms with Crippen LogP contribution >= 0.6 is 34.5 Å². The molecule has 3 nitrogen and oxygen atoms in total. The fourth-order valence-electron chi connectivity index (χ4n) is 2.53. The van der Waals surface area contributed by atoms with Gasteiger partial charge in [0.2, 0.25) is 0 Å². The molecule has 0 atom stereocenters. The zero-order chi connectivity index (χ0) is 18.7. The number of nitriles is 1. The Morgan fingerprint density at radius 2 is 2.04 bits per heavy atom. The first kappa shape index (κ1) is 18.5. The molecule has 3 rings (SSSR count). The highest BCUT2D eigenvalue weighted by molar-refractivity contribution is 7.11. The van der Waals surface area contributed by atoms with Gasteiger partial charge in [0.25, 0.3) is 0 Å². The number of hydrogen-bond acceptors (Lipinski definition) is 4. The van der Waals surface area contributed by atoms with Gasteiger partial charge in [-0.2, -0.15) is 5.26 Å². The molecule has 0 bridgehead atoms. The van der Waals surface area contributed by atoms with Gasteiger partial charge in [0.1, 0.15) is 16.6 Å². The second kappa shape index (κ2) is 7.92. The Bertz CT molecular complexity index is 1030. The zero-order valence-electron chi connectivity index (χ0n) is 14.2. The van der Waals surface area contributed by atoms with Crippen LogP contribution in [0.3, 0.4) is 0 Å². The van der Waals surface area contributed by atoms with Crippen LogP contribution < -0.4 is 5.32 Å². The standard InChI is InChI=1S/C20H15Cl2N3S/c1-12-6-7-15(13(2)8-12)18-11-26-20(25-18)14(9-23)10-24-17-5-3-4-16(21)19(17)22/h3-8,10-11,24H,1-2H3. The Labute approximate surface area is 166 Å². The number of hydrogen-bond donors (Lipinski definition) is 1. The van der Waals surface area contributed by atoms with Crippen LogP contribution in [-0.2, 0) is 0 Å². The van der Waals surface area contributed by atoms with Gasteiger partial charge in [-0.3, -0.25) is 0 Å². The average molecular weight is 400 g/mol. The molecule has 0 aliphatic rings. The lowest BCUT2D eigenvalue weighted by Gasteiger charge is -2.05. The average Bonchev–Trinajstić information content (AvgIpc) is 3.08. The van der Waals surface area contributed by atoms with Crippen molar-refractivity contribution in [1.82, 2.24) is 4.98 Å².